The zero-order valence-corrected chi connectivity index (χ0v) is 15.7. The van der Waals surface area contributed by atoms with Gasteiger partial charge in [0.15, 0.2) is 0 Å². The first-order chi connectivity index (χ1) is 12.5. The highest BCUT2D eigenvalue weighted by Gasteiger charge is 2.34. The number of imide groups is 1. The first-order valence-electron chi connectivity index (χ1n) is 8.09. The highest BCUT2D eigenvalue weighted by Crippen LogP contribution is 2.25. The number of hydrogen-bond acceptors (Lipinski definition) is 4. The number of halogens is 1. The van der Waals surface area contributed by atoms with Gasteiger partial charge in [0.1, 0.15) is 5.82 Å². The number of anilines is 1. The molecule has 0 atom stereocenters. The topological polar surface area (TPSA) is 91.4 Å². The molecule has 1 aliphatic heterocycles. The quantitative estimate of drug-likeness (QED) is 0.578. The summed E-state index contributed by atoms with van der Waals surface area (Å²) in [6.07, 6.45) is 2.08. The van der Waals surface area contributed by atoms with Crippen molar-refractivity contribution in [2.45, 2.75) is 13.3 Å². The molecule has 0 radical (unpaired) electrons. The third-order valence-corrected chi connectivity index (χ3v) is 4.43. The fourth-order valence-electron chi connectivity index (χ4n) is 2.67. The first-order valence-corrected chi connectivity index (χ1v) is 8.88. The van der Waals surface area contributed by atoms with Gasteiger partial charge in [-0.2, -0.15) is 0 Å². The Morgan fingerprint density at radius 1 is 1.15 bits per heavy atom. The molecule has 1 aromatic carbocycles. The summed E-state index contributed by atoms with van der Waals surface area (Å²) in [6, 6.07) is 8.24. The van der Waals surface area contributed by atoms with Gasteiger partial charge in [0, 0.05) is 23.8 Å². The monoisotopic (exact) mass is 416 g/mol. The molecule has 0 bridgehead atoms. The summed E-state index contributed by atoms with van der Waals surface area (Å²) in [5.41, 5.74) is 1.81. The van der Waals surface area contributed by atoms with Crippen LogP contribution in [0, 0.1) is 6.92 Å². The number of amides is 4. The highest BCUT2D eigenvalue weighted by molar-refractivity contribution is 9.10. The van der Waals surface area contributed by atoms with Gasteiger partial charge in [-0.25, -0.2) is 9.78 Å². The van der Waals surface area contributed by atoms with Gasteiger partial charge in [-0.05, 0) is 49.2 Å². The largest absolute Gasteiger partial charge is 0.338 e. The Labute approximate surface area is 158 Å². The lowest BCUT2D eigenvalue weighted by atomic mass is 10.1. The summed E-state index contributed by atoms with van der Waals surface area (Å²) in [5.74, 6) is -0.140. The van der Waals surface area contributed by atoms with Crippen molar-refractivity contribution < 1.29 is 14.4 Å². The third-order valence-electron chi connectivity index (χ3n) is 3.93. The lowest BCUT2D eigenvalue weighted by Crippen LogP contribution is -2.35. The molecule has 8 heteroatoms. The summed E-state index contributed by atoms with van der Waals surface area (Å²) in [4.78, 5) is 41.7. The Hall–Kier alpha value is -2.74. The molecule has 7 nitrogen and oxygen atoms in total. The molecule has 0 unspecified atom stereocenters. The van der Waals surface area contributed by atoms with Gasteiger partial charge in [-0.15, -0.1) is 0 Å². The molecule has 0 spiro atoms. The standard InChI is InChI=1S/C18H17BrN4O3/c1-11-5-7-20-15(9-11)22-18(26)21-6-2-8-23-16(24)13-4-3-12(19)10-14(13)17(23)25/h3-5,7,9-10H,2,6,8H2,1H3,(H2,20,21,22,26). The van der Waals surface area contributed by atoms with E-state index < -0.39 is 0 Å². The summed E-state index contributed by atoms with van der Waals surface area (Å²) >= 11 is 3.30. The van der Waals surface area contributed by atoms with Crippen LogP contribution in [0.3, 0.4) is 0 Å². The van der Waals surface area contributed by atoms with E-state index in [-0.39, 0.29) is 24.4 Å². The molecule has 0 fully saturated rings. The van der Waals surface area contributed by atoms with Crippen molar-refractivity contribution in [2.24, 2.45) is 0 Å². The van der Waals surface area contributed by atoms with Gasteiger partial charge >= 0.3 is 6.03 Å². The van der Waals surface area contributed by atoms with Crippen LogP contribution in [0.4, 0.5) is 10.6 Å². The minimum Gasteiger partial charge on any atom is -0.338 e. The van der Waals surface area contributed by atoms with Crippen LogP contribution in [0.25, 0.3) is 0 Å². The smallest absolute Gasteiger partial charge is 0.320 e. The highest BCUT2D eigenvalue weighted by atomic mass is 79.9. The average molecular weight is 417 g/mol. The van der Waals surface area contributed by atoms with E-state index >= 15 is 0 Å². The predicted octanol–water partition coefficient (Wildman–Crippen LogP) is 2.96. The molecule has 2 aromatic rings. The molecule has 2 N–H and O–H groups in total. The number of benzene rings is 1. The molecule has 0 saturated heterocycles. The van der Waals surface area contributed by atoms with E-state index in [9.17, 15) is 14.4 Å². The fourth-order valence-corrected chi connectivity index (χ4v) is 3.03. The molecule has 1 aliphatic rings. The number of hydrogen-bond donors (Lipinski definition) is 2. The van der Waals surface area contributed by atoms with Crippen LogP contribution in [0.2, 0.25) is 0 Å². The number of fused-ring (bicyclic) bond motifs is 1. The number of pyridine rings is 1. The second kappa shape index (κ2) is 7.65. The Kier molecular flexibility index (Phi) is 5.32. The van der Waals surface area contributed by atoms with Crippen molar-refractivity contribution in [1.29, 1.82) is 0 Å². The van der Waals surface area contributed by atoms with Crippen LogP contribution in [-0.4, -0.2) is 40.8 Å². The zero-order chi connectivity index (χ0) is 18.7. The molecule has 134 valence electrons. The lowest BCUT2D eigenvalue weighted by Gasteiger charge is -2.14. The Balaban J connectivity index is 1.48. The van der Waals surface area contributed by atoms with Gasteiger partial charge in [0.25, 0.3) is 11.8 Å². The van der Waals surface area contributed by atoms with Crippen molar-refractivity contribution in [3.05, 3.63) is 57.7 Å². The average Bonchev–Trinajstić information content (AvgIpc) is 2.82. The second-order valence-electron chi connectivity index (χ2n) is 5.90. The van der Waals surface area contributed by atoms with Crippen LogP contribution in [0.5, 0.6) is 0 Å². The summed E-state index contributed by atoms with van der Waals surface area (Å²) in [6.45, 7) is 2.48. The number of carbonyl (C=O) groups excluding carboxylic acids is 3. The molecular formula is C18H17BrN4O3. The summed E-state index contributed by atoms with van der Waals surface area (Å²) < 4.78 is 0.752. The van der Waals surface area contributed by atoms with E-state index in [0.717, 1.165) is 10.0 Å². The van der Waals surface area contributed by atoms with E-state index in [4.69, 9.17) is 0 Å². The van der Waals surface area contributed by atoms with Crippen LogP contribution in [-0.2, 0) is 0 Å². The third kappa shape index (κ3) is 3.91. The SMILES string of the molecule is Cc1ccnc(NC(=O)NCCCN2C(=O)c3ccc(Br)cc3C2=O)c1. The van der Waals surface area contributed by atoms with Crippen molar-refractivity contribution in [1.82, 2.24) is 15.2 Å². The van der Waals surface area contributed by atoms with Crippen molar-refractivity contribution in [2.75, 3.05) is 18.4 Å². The predicted molar refractivity (Wildman–Crippen MR) is 100 cm³/mol. The van der Waals surface area contributed by atoms with Crippen LogP contribution in [0.15, 0.2) is 41.0 Å². The van der Waals surface area contributed by atoms with Crippen LogP contribution < -0.4 is 10.6 Å². The normalized spacial score (nSPS) is 12.9. The number of rotatable bonds is 5. The summed E-state index contributed by atoms with van der Waals surface area (Å²) in [5, 5.41) is 5.32. The number of urea groups is 1. The van der Waals surface area contributed by atoms with Crippen LogP contribution in [0.1, 0.15) is 32.7 Å². The maximum Gasteiger partial charge on any atom is 0.320 e. The Morgan fingerprint density at radius 2 is 1.92 bits per heavy atom. The summed E-state index contributed by atoms with van der Waals surface area (Å²) in [7, 11) is 0. The Bertz CT molecular complexity index is 884. The van der Waals surface area contributed by atoms with Gasteiger partial charge in [-0.1, -0.05) is 15.9 Å². The van der Waals surface area contributed by atoms with E-state index in [2.05, 4.69) is 31.5 Å². The molecule has 3 rings (SSSR count). The minimum atomic E-state index is -0.380. The maximum atomic E-state index is 12.3. The molecule has 26 heavy (non-hydrogen) atoms. The first kappa shape index (κ1) is 18.1. The van der Waals surface area contributed by atoms with Crippen molar-refractivity contribution in [3.63, 3.8) is 0 Å². The number of carbonyl (C=O) groups is 3. The minimum absolute atomic E-state index is 0.243. The number of aromatic nitrogens is 1. The van der Waals surface area contributed by atoms with Gasteiger partial charge in [-0.3, -0.25) is 19.8 Å². The lowest BCUT2D eigenvalue weighted by molar-refractivity contribution is 0.0653. The van der Waals surface area contributed by atoms with E-state index in [1.54, 1.807) is 30.5 Å². The van der Waals surface area contributed by atoms with Crippen molar-refractivity contribution in [3.8, 4) is 0 Å². The van der Waals surface area contributed by atoms with Crippen LogP contribution >= 0.6 is 15.9 Å². The van der Waals surface area contributed by atoms with Crippen molar-refractivity contribution >= 4 is 39.6 Å². The maximum absolute atomic E-state index is 12.3. The molecule has 1 aromatic heterocycles. The second-order valence-corrected chi connectivity index (χ2v) is 6.82. The van der Waals surface area contributed by atoms with E-state index in [1.807, 2.05) is 13.0 Å². The Morgan fingerprint density at radius 3 is 2.69 bits per heavy atom. The van der Waals surface area contributed by atoms with Gasteiger partial charge in [0.05, 0.1) is 11.1 Å². The molecule has 4 amide bonds. The fraction of sp³-hybridized carbons (Fsp3) is 0.222. The zero-order valence-electron chi connectivity index (χ0n) is 14.1. The molecule has 2 heterocycles. The molecule has 0 aliphatic carbocycles. The van der Waals surface area contributed by atoms with E-state index in [0.29, 0.717) is 29.9 Å². The molecular weight excluding hydrogens is 400 g/mol. The number of nitrogens with one attached hydrogen (secondary N) is 2. The van der Waals surface area contributed by atoms with Gasteiger partial charge in [0.2, 0.25) is 0 Å². The van der Waals surface area contributed by atoms with Gasteiger partial charge < -0.3 is 5.32 Å². The van der Waals surface area contributed by atoms with E-state index in [1.165, 1.54) is 4.90 Å². The molecule has 0 saturated carbocycles. The number of nitrogens with zero attached hydrogens (tertiary/aromatic N) is 2. The number of aryl methyl sites for hydroxylation is 1.